The third kappa shape index (κ3) is 3.30. The Morgan fingerprint density at radius 1 is 1.25 bits per heavy atom. The Bertz CT molecular complexity index is 664. The van der Waals surface area contributed by atoms with E-state index in [1.165, 1.54) is 12.3 Å². The molecule has 8 heteroatoms. The summed E-state index contributed by atoms with van der Waals surface area (Å²) in [7, 11) is 0. The van der Waals surface area contributed by atoms with E-state index in [0.29, 0.717) is 5.56 Å². The number of rotatable bonds is 4. The van der Waals surface area contributed by atoms with E-state index in [1.807, 2.05) is 0 Å². The van der Waals surface area contributed by atoms with E-state index >= 15 is 0 Å². The lowest BCUT2D eigenvalue weighted by molar-refractivity contribution is -0.385. The Morgan fingerprint density at radius 3 is 2.60 bits per heavy atom. The number of hydrogen-bond donors (Lipinski definition) is 0. The Morgan fingerprint density at radius 2 is 1.95 bits per heavy atom. The van der Waals surface area contributed by atoms with Crippen LogP contribution in [0.3, 0.4) is 0 Å². The van der Waals surface area contributed by atoms with E-state index in [0.717, 1.165) is 6.07 Å². The van der Waals surface area contributed by atoms with Gasteiger partial charge in [0.15, 0.2) is 5.75 Å². The topological polar surface area (TPSA) is 65.3 Å². The smallest absolute Gasteiger partial charge is 0.312 e. The highest BCUT2D eigenvalue weighted by Crippen LogP contribution is 2.36. The Labute approximate surface area is 129 Å². The SMILES string of the molecule is O=[N+]([O-])c1cc(Cl)c(Cl)cc1OCc1cccnc1Cl. The summed E-state index contributed by atoms with van der Waals surface area (Å²) in [6.07, 6.45) is 1.54. The van der Waals surface area contributed by atoms with Crippen molar-refractivity contribution in [2.45, 2.75) is 6.61 Å². The van der Waals surface area contributed by atoms with Crippen molar-refractivity contribution in [3.8, 4) is 5.75 Å². The van der Waals surface area contributed by atoms with Gasteiger partial charge in [-0.15, -0.1) is 0 Å². The largest absolute Gasteiger partial charge is 0.482 e. The number of halogens is 3. The summed E-state index contributed by atoms with van der Waals surface area (Å²) in [6.45, 7) is 0.0332. The maximum absolute atomic E-state index is 10.9. The predicted octanol–water partition coefficient (Wildman–Crippen LogP) is 4.53. The van der Waals surface area contributed by atoms with E-state index in [4.69, 9.17) is 39.5 Å². The van der Waals surface area contributed by atoms with E-state index in [-0.39, 0.29) is 33.2 Å². The normalized spacial score (nSPS) is 10.3. The zero-order valence-corrected chi connectivity index (χ0v) is 12.1. The van der Waals surface area contributed by atoms with Gasteiger partial charge in [0.05, 0.1) is 15.0 Å². The minimum Gasteiger partial charge on any atom is -0.482 e. The number of benzene rings is 1. The first-order valence-corrected chi connectivity index (χ1v) is 6.48. The molecule has 0 aliphatic heterocycles. The summed E-state index contributed by atoms with van der Waals surface area (Å²) < 4.78 is 5.39. The summed E-state index contributed by atoms with van der Waals surface area (Å²) >= 11 is 17.5. The number of ether oxygens (including phenoxy) is 1. The predicted molar refractivity (Wildman–Crippen MR) is 76.7 cm³/mol. The molecule has 20 heavy (non-hydrogen) atoms. The van der Waals surface area contributed by atoms with Gasteiger partial charge < -0.3 is 4.74 Å². The van der Waals surface area contributed by atoms with Gasteiger partial charge >= 0.3 is 5.69 Å². The highest BCUT2D eigenvalue weighted by Gasteiger charge is 2.18. The van der Waals surface area contributed by atoms with Crippen molar-refractivity contribution in [2.24, 2.45) is 0 Å². The molecule has 0 unspecified atom stereocenters. The number of aromatic nitrogens is 1. The number of nitro benzene ring substituents is 1. The summed E-state index contributed by atoms with van der Waals surface area (Å²) in [5.41, 5.74) is 0.342. The maximum atomic E-state index is 10.9. The van der Waals surface area contributed by atoms with Crippen LogP contribution in [-0.2, 0) is 6.61 Å². The Balaban J connectivity index is 2.27. The molecule has 2 aromatic rings. The molecule has 0 aliphatic carbocycles. The summed E-state index contributed by atoms with van der Waals surface area (Å²) in [6, 6.07) is 5.84. The number of nitrogens with zero attached hydrogens (tertiary/aromatic N) is 2. The molecule has 0 fully saturated rings. The molecule has 0 bridgehead atoms. The van der Waals surface area contributed by atoms with Crippen molar-refractivity contribution in [2.75, 3.05) is 0 Å². The van der Waals surface area contributed by atoms with Crippen molar-refractivity contribution in [1.82, 2.24) is 4.98 Å². The molecule has 1 aromatic heterocycles. The lowest BCUT2D eigenvalue weighted by Crippen LogP contribution is -2.00. The van der Waals surface area contributed by atoms with Gasteiger partial charge in [-0.25, -0.2) is 4.98 Å². The third-order valence-corrected chi connectivity index (χ3v) is 3.48. The third-order valence-electron chi connectivity index (χ3n) is 2.42. The Hall–Kier alpha value is -1.56. The van der Waals surface area contributed by atoms with Crippen molar-refractivity contribution >= 4 is 40.5 Å². The van der Waals surface area contributed by atoms with E-state index in [9.17, 15) is 10.1 Å². The highest BCUT2D eigenvalue weighted by molar-refractivity contribution is 6.42. The average molecular weight is 334 g/mol. The van der Waals surface area contributed by atoms with Crippen molar-refractivity contribution in [3.05, 3.63) is 61.3 Å². The standard InChI is InChI=1S/C12H7Cl3N2O3/c13-8-4-10(17(18)19)11(5-9(8)14)20-6-7-2-1-3-16-12(7)15/h1-5H,6H2. The van der Waals surface area contributed by atoms with E-state index < -0.39 is 4.92 Å². The molecule has 0 amide bonds. The fourth-order valence-corrected chi connectivity index (χ4v) is 1.94. The van der Waals surface area contributed by atoms with Crippen molar-refractivity contribution < 1.29 is 9.66 Å². The van der Waals surface area contributed by atoms with Crippen LogP contribution >= 0.6 is 34.8 Å². The molecule has 0 aliphatic rings. The fraction of sp³-hybridized carbons (Fsp3) is 0.0833. The molecular weight excluding hydrogens is 327 g/mol. The first-order valence-electron chi connectivity index (χ1n) is 5.34. The highest BCUT2D eigenvalue weighted by atomic mass is 35.5. The Kier molecular flexibility index (Phi) is 4.65. The zero-order valence-electron chi connectivity index (χ0n) is 9.85. The summed E-state index contributed by atoms with van der Waals surface area (Å²) in [4.78, 5) is 14.2. The molecule has 5 nitrogen and oxygen atoms in total. The van der Waals surface area contributed by atoms with Crippen LogP contribution in [0.25, 0.3) is 0 Å². The summed E-state index contributed by atoms with van der Waals surface area (Å²) in [5, 5.41) is 11.5. The summed E-state index contributed by atoms with van der Waals surface area (Å²) in [5.74, 6) is 0.0179. The van der Waals surface area contributed by atoms with Gasteiger partial charge in [0.2, 0.25) is 0 Å². The van der Waals surface area contributed by atoms with Gasteiger partial charge in [-0.2, -0.15) is 0 Å². The second kappa shape index (κ2) is 6.26. The van der Waals surface area contributed by atoms with Gasteiger partial charge in [0.1, 0.15) is 11.8 Å². The number of hydrogen-bond acceptors (Lipinski definition) is 4. The van der Waals surface area contributed by atoms with Crippen LogP contribution in [0.2, 0.25) is 15.2 Å². The van der Waals surface area contributed by atoms with Crippen LogP contribution in [0.4, 0.5) is 5.69 Å². The van der Waals surface area contributed by atoms with Crippen LogP contribution in [0.1, 0.15) is 5.56 Å². The van der Waals surface area contributed by atoms with Gasteiger partial charge in [0, 0.05) is 23.9 Å². The molecule has 2 rings (SSSR count). The van der Waals surface area contributed by atoms with Gasteiger partial charge in [-0.05, 0) is 6.07 Å². The number of pyridine rings is 1. The van der Waals surface area contributed by atoms with Crippen LogP contribution < -0.4 is 4.74 Å². The number of nitro groups is 1. The zero-order chi connectivity index (χ0) is 14.7. The molecule has 104 valence electrons. The molecule has 0 atom stereocenters. The maximum Gasteiger partial charge on any atom is 0.312 e. The van der Waals surface area contributed by atoms with Crippen LogP contribution in [-0.4, -0.2) is 9.91 Å². The van der Waals surface area contributed by atoms with Gasteiger partial charge in [-0.3, -0.25) is 10.1 Å². The second-order valence-corrected chi connectivity index (χ2v) is 4.91. The molecule has 0 radical (unpaired) electrons. The van der Waals surface area contributed by atoms with Gasteiger partial charge in [0.25, 0.3) is 0 Å². The van der Waals surface area contributed by atoms with Crippen LogP contribution in [0, 0.1) is 10.1 Å². The first kappa shape index (κ1) is 14.8. The molecule has 0 saturated carbocycles. The van der Waals surface area contributed by atoms with E-state index in [1.54, 1.807) is 12.1 Å². The minimum absolute atomic E-state index is 0.0179. The van der Waals surface area contributed by atoms with Crippen LogP contribution in [0.5, 0.6) is 5.75 Å². The lowest BCUT2D eigenvalue weighted by Gasteiger charge is -2.08. The minimum atomic E-state index is -0.595. The van der Waals surface area contributed by atoms with Crippen LogP contribution in [0.15, 0.2) is 30.5 Å². The molecule has 0 spiro atoms. The van der Waals surface area contributed by atoms with Gasteiger partial charge in [-0.1, -0.05) is 40.9 Å². The van der Waals surface area contributed by atoms with Crippen molar-refractivity contribution in [3.63, 3.8) is 0 Å². The molecular formula is C12H7Cl3N2O3. The molecule has 0 N–H and O–H groups in total. The van der Waals surface area contributed by atoms with E-state index in [2.05, 4.69) is 4.98 Å². The lowest BCUT2D eigenvalue weighted by atomic mass is 10.3. The first-order chi connectivity index (χ1) is 9.49. The molecule has 0 saturated heterocycles. The molecule has 1 aromatic carbocycles. The second-order valence-electron chi connectivity index (χ2n) is 3.73. The molecule has 1 heterocycles. The quantitative estimate of drug-likeness (QED) is 0.468. The monoisotopic (exact) mass is 332 g/mol. The average Bonchev–Trinajstić information content (AvgIpc) is 2.41. The van der Waals surface area contributed by atoms with Crippen molar-refractivity contribution in [1.29, 1.82) is 0 Å². The fourth-order valence-electron chi connectivity index (χ4n) is 1.46.